The monoisotopic (exact) mass is 370 g/mol. The molecule has 0 saturated heterocycles. The van der Waals surface area contributed by atoms with Crippen molar-refractivity contribution in [2.24, 2.45) is 0 Å². The molecule has 0 aliphatic rings. The second kappa shape index (κ2) is 6.92. The number of nitrogens with one attached hydrogen (secondary N) is 2. The third kappa shape index (κ3) is 3.71. The summed E-state index contributed by atoms with van der Waals surface area (Å²) >= 11 is 0. The number of rotatable bonds is 5. The quantitative estimate of drug-likeness (QED) is 0.513. The average molecular weight is 370 g/mol. The van der Waals surface area contributed by atoms with Crippen LogP contribution in [0.1, 0.15) is 11.5 Å². The van der Waals surface area contributed by atoms with Crippen molar-refractivity contribution in [1.29, 1.82) is 0 Å². The van der Waals surface area contributed by atoms with Gasteiger partial charge in [-0.05, 0) is 36.4 Å². The first-order valence-electron chi connectivity index (χ1n) is 7.39. The molecule has 0 aliphatic carbocycles. The van der Waals surface area contributed by atoms with Crippen LogP contribution in [-0.4, -0.2) is 19.8 Å². The van der Waals surface area contributed by atoms with Crippen molar-refractivity contribution in [2.75, 3.05) is 0 Å². The Hall–Kier alpha value is -4.28. The van der Waals surface area contributed by atoms with Gasteiger partial charge in [0, 0.05) is 17.7 Å². The predicted molar refractivity (Wildman–Crippen MR) is 94.1 cm³/mol. The molecule has 0 saturated carbocycles. The van der Waals surface area contributed by atoms with Crippen molar-refractivity contribution >= 4 is 23.5 Å². The molecule has 11 nitrogen and oxygen atoms in total. The molecule has 0 unspecified atom stereocenters. The van der Waals surface area contributed by atoms with E-state index in [1.807, 2.05) is 0 Å². The number of nitro benzene ring substituents is 1. The Labute approximate surface area is 148 Å². The minimum absolute atomic E-state index is 0.0593. The summed E-state index contributed by atoms with van der Waals surface area (Å²) < 4.78 is 5.55. The maximum absolute atomic E-state index is 11.6. The molecule has 3 rings (SSSR count). The number of benzene rings is 1. The van der Waals surface area contributed by atoms with E-state index >= 15 is 0 Å². The van der Waals surface area contributed by atoms with Gasteiger partial charge in [-0.1, -0.05) is 0 Å². The molecule has 27 heavy (non-hydrogen) atoms. The van der Waals surface area contributed by atoms with Crippen LogP contribution in [0.15, 0.2) is 50.4 Å². The van der Waals surface area contributed by atoms with Crippen LogP contribution in [0.5, 0.6) is 0 Å². The molecule has 0 amide bonds. The van der Waals surface area contributed by atoms with Gasteiger partial charge in [0.2, 0.25) is 0 Å². The minimum Gasteiger partial charge on any atom is -0.457 e. The number of aromatic amines is 2. The van der Waals surface area contributed by atoms with Gasteiger partial charge in [0.1, 0.15) is 17.2 Å². The zero-order valence-corrected chi connectivity index (χ0v) is 13.4. The summed E-state index contributed by atoms with van der Waals surface area (Å²) in [6.45, 7) is 0. The maximum atomic E-state index is 11.6. The van der Waals surface area contributed by atoms with Crippen LogP contribution >= 0.6 is 0 Å². The molecule has 0 aliphatic heterocycles. The number of non-ortho nitro benzene ring substituents is 1. The normalized spacial score (nSPS) is 11.0. The van der Waals surface area contributed by atoms with Gasteiger partial charge < -0.3 is 9.40 Å². The lowest BCUT2D eigenvalue weighted by Crippen LogP contribution is -2.25. The van der Waals surface area contributed by atoms with Crippen LogP contribution < -0.4 is 11.2 Å². The first-order chi connectivity index (χ1) is 12.8. The third-order valence-electron chi connectivity index (χ3n) is 3.53. The van der Waals surface area contributed by atoms with Gasteiger partial charge in [0.25, 0.3) is 5.69 Å². The molecule has 0 fully saturated rings. The Morgan fingerprint density at radius 1 is 0.889 bits per heavy atom. The molecule has 3 aromatic rings. The lowest BCUT2D eigenvalue weighted by Gasteiger charge is -1.97. The number of aromatic nitrogens is 2. The van der Waals surface area contributed by atoms with Crippen LogP contribution in [0, 0.1) is 20.2 Å². The minimum atomic E-state index is -1.12. The SMILES string of the molecule is O=c1[nH]c(/C=C\c2ccc(-c3ccc([N+](=O)[O-])cc3)o2)c([N+](=O)[O-])c(=O)[nH]1. The Morgan fingerprint density at radius 3 is 2.22 bits per heavy atom. The molecule has 0 spiro atoms. The summed E-state index contributed by atoms with van der Waals surface area (Å²) in [5.41, 5.74) is -2.53. The number of nitro groups is 2. The Bertz CT molecular complexity index is 1170. The van der Waals surface area contributed by atoms with E-state index in [4.69, 9.17) is 4.42 Å². The van der Waals surface area contributed by atoms with E-state index in [0.717, 1.165) is 0 Å². The van der Waals surface area contributed by atoms with Crippen LogP contribution in [0.25, 0.3) is 23.5 Å². The highest BCUT2D eigenvalue weighted by Crippen LogP contribution is 2.25. The van der Waals surface area contributed by atoms with Gasteiger partial charge in [-0.2, -0.15) is 0 Å². The van der Waals surface area contributed by atoms with E-state index < -0.39 is 26.8 Å². The zero-order chi connectivity index (χ0) is 19.6. The van der Waals surface area contributed by atoms with E-state index in [1.165, 1.54) is 36.4 Å². The summed E-state index contributed by atoms with van der Waals surface area (Å²) in [5, 5.41) is 21.7. The Balaban J connectivity index is 1.90. The standard InChI is InChI=1S/C16H10N4O7/c21-15-14(20(25)26)12(17-16(22)18-15)7-5-11-6-8-13(27-11)9-1-3-10(4-2-9)19(23)24/h1-8H,(H2,17,18,21,22)/b7-5-. The van der Waals surface area contributed by atoms with Crippen LogP contribution in [0.3, 0.4) is 0 Å². The predicted octanol–water partition coefficient (Wildman–Crippen LogP) is 2.31. The van der Waals surface area contributed by atoms with Crippen LogP contribution in [-0.2, 0) is 0 Å². The van der Waals surface area contributed by atoms with E-state index in [1.54, 1.807) is 17.1 Å². The zero-order valence-electron chi connectivity index (χ0n) is 13.4. The van der Waals surface area contributed by atoms with Crippen molar-refractivity contribution in [3.8, 4) is 11.3 Å². The summed E-state index contributed by atoms with van der Waals surface area (Å²) in [6.07, 6.45) is 2.51. The van der Waals surface area contributed by atoms with Gasteiger partial charge in [-0.15, -0.1) is 0 Å². The third-order valence-corrected chi connectivity index (χ3v) is 3.53. The number of H-pyrrole nitrogens is 2. The molecule has 0 atom stereocenters. The molecule has 1 aromatic carbocycles. The van der Waals surface area contributed by atoms with Crippen molar-refractivity contribution in [3.63, 3.8) is 0 Å². The summed E-state index contributed by atoms with van der Waals surface area (Å²) in [7, 11) is 0. The lowest BCUT2D eigenvalue weighted by atomic mass is 10.1. The number of hydrogen-bond donors (Lipinski definition) is 2. The largest absolute Gasteiger partial charge is 0.457 e. The molecule has 11 heteroatoms. The van der Waals surface area contributed by atoms with Gasteiger partial charge in [0.05, 0.1) is 9.85 Å². The van der Waals surface area contributed by atoms with Crippen molar-refractivity contribution in [1.82, 2.24) is 9.97 Å². The molecule has 0 radical (unpaired) electrons. The molecule has 0 bridgehead atoms. The second-order valence-corrected chi connectivity index (χ2v) is 5.27. The van der Waals surface area contributed by atoms with Gasteiger partial charge in [-0.25, -0.2) is 4.79 Å². The topological polar surface area (TPSA) is 165 Å². The van der Waals surface area contributed by atoms with Gasteiger partial charge in [-0.3, -0.25) is 30.0 Å². The molecule has 2 heterocycles. The van der Waals surface area contributed by atoms with Gasteiger partial charge in [0.15, 0.2) is 0 Å². The first kappa shape index (κ1) is 17.5. The van der Waals surface area contributed by atoms with Crippen LogP contribution in [0.4, 0.5) is 11.4 Å². The summed E-state index contributed by atoms with van der Waals surface area (Å²) in [5.74, 6) is 0.706. The highest BCUT2D eigenvalue weighted by Gasteiger charge is 2.18. The maximum Gasteiger partial charge on any atom is 0.357 e. The molecular formula is C16H10N4O7. The fourth-order valence-electron chi connectivity index (χ4n) is 2.31. The fraction of sp³-hybridized carbons (Fsp3) is 0. The number of furan rings is 1. The Morgan fingerprint density at radius 2 is 1.59 bits per heavy atom. The molecule has 136 valence electrons. The number of hydrogen-bond acceptors (Lipinski definition) is 7. The molecular weight excluding hydrogens is 360 g/mol. The second-order valence-electron chi connectivity index (χ2n) is 5.27. The highest BCUT2D eigenvalue weighted by atomic mass is 16.6. The molecule has 2 aromatic heterocycles. The van der Waals surface area contributed by atoms with Gasteiger partial charge >= 0.3 is 16.9 Å². The van der Waals surface area contributed by atoms with E-state index in [-0.39, 0.29) is 11.4 Å². The van der Waals surface area contributed by atoms with Crippen molar-refractivity contribution in [3.05, 3.63) is 88.9 Å². The summed E-state index contributed by atoms with van der Waals surface area (Å²) in [6, 6.07) is 8.86. The van der Waals surface area contributed by atoms with Crippen molar-refractivity contribution in [2.45, 2.75) is 0 Å². The van der Waals surface area contributed by atoms with E-state index in [9.17, 15) is 29.8 Å². The van der Waals surface area contributed by atoms with E-state index in [2.05, 4.69) is 4.98 Å². The smallest absolute Gasteiger partial charge is 0.357 e. The van der Waals surface area contributed by atoms with Crippen LogP contribution in [0.2, 0.25) is 0 Å². The van der Waals surface area contributed by atoms with E-state index in [0.29, 0.717) is 17.1 Å². The molecule has 2 N–H and O–H groups in total. The average Bonchev–Trinajstić information content (AvgIpc) is 3.08. The fourth-order valence-corrected chi connectivity index (χ4v) is 2.31. The number of nitrogens with zero attached hydrogens (tertiary/aromatic N) is 2. The summed E-state index contributed by atoms with van der Waals surface area (Å²) in [4.78, 5) is 47.1. The first-order valence-corrected chi connectivity index (χ1v) is 7.39. The van der Waals surface area contributed by atoms with Crippen molar-refractivity contribution < 1.29 is 14.3 Å². The Kier molecular flexibility index (Phi) is 4.49. The lowest BCUT2D eigenvalue weighted by molar-refractivity contribution is -0.386. The highest BCUT2D eigenvalue weighted by molar-refractivity contribution is 5.71.